The first-order chi connectivity index (χ1) is 10.8. The van der Waals surface area contributed by atoms with Crippen molar-refractivity contribution in [1.82, 2.24) is 10.6 Å². The number of alkyl carbamates (subject to hydrolysis) is 1. The Hall–Kier alpha value is -1.75. The highest BCUT2D eigenvalue weighted by molar-refractivity contribution is 5.68. The van der Waals surface area contributed by atoms with E-state index in [-0.39, 0.29) is 12.1 Å². The molecule has 0 aliphatic carbocycles. The highest BCUT2D eigenvalue weighted by Crippen LogP contribution is 2.12. The molecule has 0 radical (unpaired) electrons. The number of nitrogens with one attached hydrogen (secondary N) is 2. The van der Waals surface area contributed by atoms with Crippen LogP contribution in [0.4, 0.5) is 4.79 Å². The van der Waals surface area contributed by atoms with Crippen molar-refractivity contribution in [3.8, 4) is 5.75 Å². The summed E-state index contributed by atoms with van der Waals surface area (Å²) >= 11 is 0. The van der Waals surface area contributed by atoms with Crippen LogP contribution in [0.25, 0.3) is 0 Å². The van der Waals surface area contributed by atoms with Crippen LogP contribution in [0.1, 0.15) is 46.6 Å². The molecular formula is C18H30N2O3. The van der Waals surface area contributed by atoms with Gasteiger partial charge in [0.2, 0.25) is 0 Å². The van der Waals surface area contributed by atoms with Crippen LogP contribution >= 0.6 is 0 Å². The number of hydrogen-bond acceptors (Lipinski definition) is 4. The summed E-state index contributed by atoms with van der Waals surface area (Å²) in [5.74, 6) is 0.884. The van der Waals surface area contributed by atoms with Gasteiger partial charge in [0, 0.05) is 19.1 Å². The van der Waals surface area contributed by atoms with Crippen LogP contribution in [0.2, 0.25) is 0 Å². The van der Waals surface area contributed by atoms with E-state index in [2.05, 4.69) is 10.6 Å². The maximum Gasteiger partial charge on any atom is 0.407 e. The SMILES string of the molecule is CCOc1ccc(CNCC(CC)NC(=O)OC(C)(C)C)cc1. The number of ether oxygens (including phenoxy) is 2. The average molecular weight is 322 g/mol. The van der Waals surface area contributed by atoms with Gasteiger partial charge in [-0.15, -0.1) is 0 Å². The van der Waals surface area contributed by atoms with Crippen molar-refractivity contribution in [2.24, 2.45) is 0 Å². The van der Waals surface area contributed by atoms with Crippen LogP contribution in [-0.2, 0) is 11.3 Å². The van der Waals surface area contributed by atoms with Crippen LogP contribution in [0.15, 0.2) is 24.3 Å². The summed E-state index contributed by atoms with van der Waals surface area (Å²) in [6.45, 7) is 11.7. The van der Waals surface area contributed by atoms with E-state index in [1.807, 2.05) is 58.9 Å². The fraction of sp³-hybridized carbons (Fsp3) is 0.611. The standard InChI is InChI=1S/C18H30N2O3/c1-6-15(20-17(21)23-18(3,4)5)13-19-12-14-8-10-16(11-9-14)22-7-2/h8-11,15,19H,6-7,12-13H2,1-5H3,(H,20,21). The third-order valence-corrected chi connectivity index (χ3v) is 3.17. The molecule has 0 spiro atoms. The lowest BCUT2D eigenvalue weighted by molar-refractivity contribution is 0.0502. The van der Waals surface area contributed by atoms with E-state index < -0.39 is 5.60 Å². The highest BCUT2D eigenvalue weighted by atomic mass is 16.6. The zero-order valence-electron chi connectivity index (χ0n) is 14.9. The van der Waals surface area contributed by atoms with Gasteiger partial charge in [0.05, 0.1) is 6.61 Å². The molecule has 0 saturated heterocycles. The molecule has 1 amide bonds. The van der Waals surface area contributed by atoms with Gasteiger partial charge in [0.15, 0.2) is 0 Å². The molecular weight excluding hydrogens is 292 g/mol. The summed E-state index contributed by atoms with van der Waals surface area (Å²) in [5.41, 5.74) is 0.707. The Morgan fingerprint density at radius 1 is 1.17 bits per heavy atom. The number of rotatable bonds is 8. The summed E-state index contributed by atoms with van der Waals surface area (Å²) in [6, 6.07) is 8.07. The second-order valence-electron chi connectivity index (χ2n) is 6.46. The summed E-state index contributed by atoms with van der Waals surface area (Å²) in [6.07, 6.45) is 0.474. The number of carbonyl (C=O) groups is 1. The number of amides is 1. The van der Waals surface area contributed by atoms with Crippen molar-refractivity contribution < 1.29 is 14.3 Å². The molecule has 23 heavy (non-hydrogen) atoms. The van der Waals surface area contributed by atoms with Crippen LogP contribution in [-0.4, -0.2) is 30.9 Å². The Kier molecular flexibility index (Phi) is 7.89. The fourth-order valence-corrected chi connectivity index (χ4v) is 2.03. The minimum absolute atomic E-state index is 0.0487. The van der Waals surface area contributed by atoms with E-state index in [1.165, 1.54) is 5.56 Å². The van der Waals surface area contributed by atoms with Gasteiger partial charge in [-0.05, 0) is 51.8 Å². The van der Waals surface area contributed by atoms with E-state index in [9.17, 15) is 4.79 Å². The molecule has 1 aromatic rings. The maximum atomic E-state index is 11.8. The first-order valence-electron chi connectivity index (χ1n) is 8.26. The van der Waals surface area contributed by atoms with Gasteiger partial charge in [-0.25, -0.2) is 4.79 Å². The molecule has 0 aliphatic heterocycles. The number of carbonyl (C=O) groups excluding carboxylic acids is 1. The van der Waals surface area contributed by atoms with Crippen molar-refractivity contribution >= 4 is 6.09 Å². The van der Waals surface area contributed by atoms with E-state index in [4.69, 9.17) is 9.47 Å². The highest BCUT2D eigenvalue weighted by Gasteiger charge is 2.18. The predicted octanol–water partition coefficient (Wildman–Crippen LogP) is 3.48. The summed E-state index contributed by atoms with van der Waals surface area (Å²) < 4.78 is 10.7. The van der Waals surface area contributed by atoms with Crippen LogP contribution in [0.5, 0.6) is 5.75 Å². The number of benzene rings is 1. The molecule has 0 aliphatic rings. The maximum absolute atomic E-state index is 11.8. The Morgan fingerprint density at radius 3 is 2.35 bits per heavy atom. The molecule has 1 unspecified atom stereocenters. The van der Waals surface area contributed by atoms with Crippen molar-refractivity contribution in [3.63, 3.8) is 0 Å². The first-order valence-corrected chi connectivity index (χ1v) is 8.26. The average Bonchev–Trinajstić information content (AvgIpc) is 2.46. The third-order valence-electron chi connectivity index (χ3n) is 3.17. The van der Waals surface area contributed by atoms with Gasteiger partial charge in [0.25, 0.3) is 0 Å². The van der Waals surface area contributed by atoms with Gasteiger partial charge >= 0.3 is 6.09 Å². The van der Waals surface area contributed by atoms with Gasteiger partial charge in [-0.2, -0.15) is 0 Å². The van der Waals surface area contributed by atoms with Crippen molar-refractivity contribution in [2.45, 2.75) is 59.2 Å². The van der Waals surface area contributed by atoms with Crippen LogP contribution < -0.4 is 15.4 Å². The number of hydrogen-bond donors (Lipinski definition) is 2. The van der Waals surface area contributed by atoms with E-state index in [0.29, 0.717) is 13.2 Å². The molecule has 0 heterocycles. The van der Waals surface area contributed by atoms with Crippen LogP contribution in [0.3, 0.4) is 0 Å². The monoisotopic (exact) mass is 322 g/mol. The van der Waals surface area contributed by atoms with Gasteiger partial charge < -0.3 is 20.1 Å². The summed E-state index contributed by atoms with van der Waals surface area (Å²) in [7, 11) is 0. The molecule has 1 atom stereocenters. The minimum atomic E-state index is -0.474. The molecule has 5 nitrogen and oxygen atoms in total. The predicted molar refractivity (Wildman–Crippen MR) is 92.8 cm³/mol. The third kappa shape index (κ3) is 8.45. The van der Waals surface area contributed by atoms with Crippen molar-refractivity contribution in [1.29, 1.82) is 0 Å². The van der Waals surface area contributed by atoms with Crippen LogP contribution in [0, 0.1) is 0 Å². The Labute approximate surface area is 139 Å². The first kappa shape index (κ1) is 19.3. The lowest BCUT2D eigenvalue weighted by Gasteiger charge is -2.23. The molecule has 0 aromatic heterocycles. The molecule has 2 N–H and O–H groups in total. The molecule has 1 rings (SSSR count). The second kappa shape index (κ2) is 9.40. The Bertz CT molecular complexity index is 466. The van der Waals surface area contributed by atoms with Gasteiger partial charge in [0.1, 0.15) is 11.4 Å². The smallest absolute Gasteiger partial charge is 0.407 e. The summed E-state index contributed by atoms with van der Waals surface area (Å²) in [4.78, 5) is 11.8. The van der Waals surface area contributed by atoms with Crippen molar-refractivity contribution in [3.05, 3.63) is 29.8 Å². The fourth-order valence-electron chi connectivity index (χ4n) is 2.03. The van der Waals surface area contributed by atoms with E-state index in [0.717, 1.165) is 18.7 Å². The van der Waals surface area contributed by atoms with E-state index >= 15 is 0 Å². The Morgan fingerprint density at radius 2 is 1.83 bits per heavy atom. The molecule has 0 bridgehead atoms. The minimum Gasteiger partial charge on any atom is -0.494 e. The molecule has 0 fully saturated rings. The zero-order chi connectivity index (χ0) is 17.3. The second-order valence-corrected chi connectivity index (χ2v) is 6.46. The molecule has 1 aromatic carbocycles. The largest absolute Gasteiger partial charge is 0.494 e. The lowest BCUT2D eigenvalue weighted by atomic mass is 10.2. The molecule has 0 saturated carbocycles. The quantitative estimate of drug-likeness (QED) is 0.769. The van der Waals surface area contributed by atoms with Gasteiger partial charge in [-0.1, -0.05) is 19.1 Å². The normalized spacial score (nSPS) is 12.6. The Balaban J connectivity index is 2.35. The topological polar surface area (TPSA) is 59.6 Å². The zero-order valence-corrected chi connectivity index (χ0v) is 14.9. The van der Waals surface area contributed by atoms with Gasteiger partial charge in [-0.3, -0.25) is 0 Å². The molecule has 130 valence electrons. The lowest BCUT2D eigenvalue weighted by Crippen LogP contribution is -2.43. The summed E-state index contributed by atoms with van der Waals surface area (Å²) in [5, 5.41) is 6.25. The van der Waals surface area contributed by atoms with E-state index in [1.54, 1.807) is 0 Å². The van der Waals surface area contributed by atoms with Crippen molar-refractivity contribution in [2.75, 3.05) is 13.2 Å². The molecule has 5 heteroatoms.